The summed E-state index contributed by atoms with van der Waals surface area (Å²) in [4.78, 5) is 13.6. The Balaban J connectivity index is 1.88. The lowest BCUT2D eigenvalue weighted by Gasteiger charge is -2.29. The summed E-state index contributed by atoms with van der Waals surface area (Å²) in [6.07, 6.45) is 19.7. The van der Waals surface area contributed by atoms with Crippen molar-refractivity contribution in [3.63, 3.8) is 0 Å². The van der Waals surface area contributed by atoms with Crippen LogP contribution in [0.5, 0.6) is 0 Å². The van der Waals surface area contributed by atoms with Crippen LogP contribution >= 0.6 is 0 Å². The van der Waals surface area contributed by atoms with Crippen molar-refractivity contribution in [1.82, 2.24) is 14.8 Å². The predicted molar refractivity (Wildman–Crippen MR) is 159 cm³/mol. The summed E-state index contributed by atoms with van der Waals surface area (Å²) in [5.74, 6) is 0.792. The molecule has 0 aromatic carbocycles. The summed E-state index contributed by atoms with van der Waals surface area (Å²) < 4.78 is 0. The van der Waals surface area contributed by atoms with Crippen molar-refractivity contribution in [3.05, 3.63) is 137 Å². The molecule has 0 aliphatic heterocycles. The highest BCUT2D eigenvalue weighted by Gasteiger charge is 2.20. The molecule has 0 radical (unpaired) electrons. The summed E-state index contributed by atoms with van der Waals surface area (Å²) in [6, 6.07) is 5.98. The van der Waals surface area contributed by atoms with Crippen LogP contribution in [-0.4, -0.2) is 34.2 Å². The highest BCUT2D eigenvalue weighted by atomic mass is 15.2. The fraction of sp³-hybridized carbons (Fsp3) is 0.273. The Bertz CT molecular complexity index is 1260. The van der Waals surface area contributed by atoms with E-state index < -0.39 is 0 Å². The number of amidine groups is 1. The van der Waals surface area contributed by atoms with Gasteiger partial charge in [0.25, 0.3) is 0 Å². The molecule has 2 aliphatic carbocycles. The van der Waals surface area contributed by atoms with Crippen LogP contribution in [0.15, 0.2) is 137 Å². The smallest absolute Gasteiger partial charge is 0.111 e. The summed E-state index contributed by atoms with van der Waals surface area (Å²) in [5, 5.41) is 0. The fourth-order valence-electron chi connectivity index (χ4n) is 4.21. The minimum absolute atomic E-state index is 0.628. The number of nitrogens with zero attached hydrogens (tertiary/aromatic N) is 4. The zero-order valence-electron chi connectivity index (χ0n) is 23.1. The average Bonchev–Trinajstić information content (AvgIpc) is 3.20. The normalized spacial score (nSPS) is 15.8. The molecule has 4 nitrogen and oxygen atoms in total. The van der Waals surface area contributed by atoms with Gasteiger partial charge in [-0.2, -0.15) is 0 Å². The van der Waals surface area contributed by atoms with Gasteiger partial charge >= 0.3 is 0 Å². The van der Waals surface area contributed by atoms with E-state index in [4.69, 9.17) is 4.99 Å². The molecule has 1 heterocycles. The van der Waals surface area contributed by atoms with Crippen molar-refractivity contribution in [1.29, 1.82) is 0 Å². The van der Waals surface area contributed by atoms with Gasteiger partial charge < -0.3 is 4.90 Å². The predicted octanol–water partition coefficient (Wildman–Crippen LogP) is 7.83. The molecule has 3 rings (SSSR count). The van der Waals surface area contributed by atoms with Gasteiger partial charge in [-0.1, -0.05) is 72.9 Å². The standard InChI is InChI=1S/C33H40N4/c1-24-12-11-14-32(19-16-24)37(29(6)33-20-17-25(2)15-18-26(33)3)30(7)35-27(4)28(5)36(8)23-21-31-13-9-10-22-34-31/h9-11,13-17,19-20,22H,4-6,12,18,21,23H2,1-3,7-8H3. The Kier molecular flexibility index (Phi) is 9.62. The molecule has 0 spiro atoms. The maximum Gasteiger partial charge on any atom is 0.111 e. The summed E-state index contributed by atoms with van der Waals surface area (Å²) >= 11 is 0. The van der Waals surface area contributed by atoms with Gasteiger partial charge in [-0.3, -0.25) is 9.88 Å². The average molecular weight is 493 g/mol. The van der Waals surface area contributed by atoms with Gasteiger partial charge in [0.2, 0.25) is 0 Å². The van der Waals surface area contributed by atoms with E-state index in [1.165, 1.54) is 16.7 Å². The first-order chi connectivity index (χ1) is 17.7. The first-order valence-corrected chi connectivity index (χ1v) is 12.8. The van der Waals surface area contributed by atoms with Gasteiger partial charge in [0.15, 0.2) is 0 Å². The zero-order chi connectivity index (χ0) is 26.9. The van der Waals surface area contributed by atoms with Crippen LogP contribution in [0.2, 0.25) is 0 Å². The molecule has 1 aromatic rings. The zero-order valence-corrected chi connectivity index (χ0v) is 23.1. The van der Waals surface area contributed by atoms with Crippen molar-refractivity contribution in [3.8, 4) is 0 Å². The number of rotatable bonds is 9. The molecule has 2 aliphatic rings. The van der Waals surface area contributed by atoms with Gasteiger partial charge in [-0.05, 0) is 70.4 Å². The lowest BCUT2D eigenvalue weighted by molar-refractivity contribution is 0.428. The number of allylic oxidation sites excluding steroid dienone is 10. The second-order valence-electron chi connectivity index (χ2n) is 9.72. The largest absolute Gasteiger partial charge is 0.373 e. The van der Waals surface area contributed by atoms with Crippen LogP contribution in [0.25, 0.3) is 0 Å². The molecule has 37 heavy (non-hydrogen) atoms. The Morgan fingerprint density at radius 3 is 2.54 bits per heavy atom. The Morgan fingerprint density at radius 2 is 1.81 bits per heavy atom. The number of pyridine rings is 1. The van der Waals surface area contributed by atoms with Crippen molar-refractivity contribution < 1.29 is 0 Å². The fourth-order valence-corrected chi connectivity index (χ4v) is 4.21. The third-order valence-corrected chi connectivity index (χ3v) is 6.65. The van der Waals surface area contributed by atoms with E-state index in [1.807, 2.05) is 38.4 Å². The van der Waals surface area contributed by atoms with Crippen LogP contribution in [0.3, 0.4) is 0 Å². The maximum absolute atomic E-state index is 4.93. The topological polar surface area (TPSA) is 31.7 Å². The Morgan fingerprint density at radius 1 is 1.03 bits per heavy atom. The van der Waals surface area contributed by atoms with Crippen LogP contribution in [0.4, 0.5) is 0 Å². The minimum atomic E-state index is 0.628. The molecule has 4 heteroatoms. The molecule has 0 fully saturated rings. The van der Waals surface area contributed by atoms with Crippen molar-refractivity contribution >= 4 is 5.84 Å². The van der Waals surface area contributed by atoms with E-state index in [1.54, 1.807) is 0 Å². The van der Waals surface area contributed by atoms with E-state index in [0.29, 0.717) is 5.70 Å². The molecule has 0 unspecified atom stereocenters. The van der Waals surface area contributed by atoms with E-state index in [0.717, 1.165) is 60.0 Å². The van der Waals surface area contributed by atoms with Crippen LogP contribution in [0.1, 0.15) is 46.2 Å². The van der Waals surface area contributed by atoms with E-state index in [9.17, 15) is 0 Å². The maximum atomic E-state index is 4.93. The van der Waals surface area contributed by atoms with Crippen LogP contribution in [0, 0.1) is 0 Å². The SMILES string of the molecule is C=C(N=C(C)N(C(=C)C1=C(C)CC=C(C)C=C1)C1=CC=C(C)CC=C1)C(=C)N(C)CCc1ccccn1. The lowest BCUT2D eigenvalue weighted by Crippen LogP contribution is -2.28. The molecule has 0 bridgehead atoms. The van der Waals surface area contributed by atoms with E-state index >= 15 is 0 Å². The molecule has 0 N–H and O–H groups in total. The highest BCUT2D eigenvalue weighted by Crippen LogP contribution is 2.29. The van der Waals surface area contributed by atoms with E-state index in [2.05, 4.69) is 97.8 Å². The highest BCUT2D eigenvalue weighted by molar-refractivity contribution is 5.86. The van der Waals surface area contributed by atoms with Gasteiger partial charge in [0, 0.05) is 43.3 Å². The van der Waals surface area contributed by atoms with Crippen LogP contribution in [-0.2, 0) is 6.42 Å². The molecule has 192 valence electrons. The number of aliphatic imine (C=N–C) groups is 1. The molecule has 1 aromatic heterocycles. The summed E-state index contributed by atoms with van der Waals surface area (Å²) in [5.41, 5.74) is 9.34. The van der Waals surface area contributed by atoms with E-state index in [-0.39, 0.29) is 0 Å². The molecule has 0 saturated heterocycles. The minimum Gasteiger partial charge on any atom is -0.373 e. The number of likely N-dealkylation sites (N-methyl/N-ethyl adjacent to an activating group) is 1. The number of hydrogen-bond donors (Lipinski definition) is 0. The lowest BCUT2D eigenvalue weighted by atomic mass is 10.0. The Hall–Kier alpha value is -3.92. The Labute approximate surface area is 223 Å². The van der Waals surface area contributed by atoms with Crippen molar-refractivity contribution in [2.45, 2.75) is 47.0 Å². The van der Waals surface area contributed by atoms with Gasteiger partial charge in [0.05, 0.1) is 11.4 Å². The second-order valence-corrected chi connectivity index (χ2v) is 9.72. The molecular formula is C33H40N4. The number of aromatic nitrogens is 1. The first kappa shape index (κ1) is 27.7. The molecule has 0 saturated carbocycles. The monoisotopic (exact) mass is 492 g/mol. The van der Waals surface area contributed by atoms with Gasteiger partial charge in [0.1, 0.15) is 5.84 Å². The van der Waals surface area contributed by atoms with Gasteiger partial charge in [-0.15, -0.1) is 0 Å². The number of hydrogen-bond acceptors (Lipinski definition) is 3. The molecule has 0 atom stereocenters. The van der Waals surface area contributed by atoms with Crippen LogP contribution < -0.4 is 0 Å². The summed E-state index contributed by atoms with van der Waals surface area (Å²) in [6.45, 7) is 22.3. The third-order valence-electron chi connectivity index (χ3n) is 6.65. The summed E-state index contributed by atoms with van der Waals surface area (Å²) in [7, 11) is 2.02. The van der Waals surface area contributed by atoms with Gasteiger partial charge in [-0.25, -0.2) is 4.99 Å². The third kappa shape index (κ3) is 7.53. The van der Waals surface area contributed by atoms with Crippen molar-refractivity contribution in [2.24, 2.45) is 4.99 Å². The quantitative estimate of drug-likeness (QED) is 0.200. The second kappa shape index (κ2) is 12.9. The van der Waals surface area contributed by atoms with Crippen molar-refractivity contribution in [2.75, 3.05) is 13.6 Å². The first-order valence-electron chi connectivity index (χ1n) is 12.8. The molecule has 0 amide bonds. The molecular weight excluding hydrogens is 452 g/mol.